The molecule has 0 saturated carbocycles. The van der Waals surface area contributed by atoms with E-state index in [1.54, 1.807) is 0 Å². The van der Waals surface area contributed by atoms with Crippen molar-refractivity contribution in [1.29, 1.82) is 0 Å². The average Bonchev–Trinajstić information content (AvgIpc) is 2.39. The number of hydrogen-bond donors (Lipinski definition) is 0. The van der Waals surface area contributed by atoms with Crippen LogP contribution in [-0.2, 0) is 6.42 Å². The summed E-state index contributed by atoms with van der Waals surface area (Å²) in [6.45, 7) is 4.24. The number of nitrogens with zero attached hydrogens (tertiary/aromatic N) is 3. The van der Waals surface area contributed by atoms with Gasteiger partial charge in [0.05, 0.1) is 5.69 Å². The van der Waals surface area contributed by atoms with Gasteiger partial charge in [-0.1, -0.05) is 13.0 Å². The van der Waals surface area contributed by atoms with Crippen molar-refractivity contribution >= 4 is 5.82 Å². The Morgan fingerprint density at radius 1 is 1.17 bits per heavy atom. The number of rotatable bonds is 3. The van der Waals surface area contributed by atoms with Crippen LogP contribution in [0.3, 0.4) is 0 Å². The van der Waals surface area contributed by atoms with Gasteiger partial charge in [0.1, 0.15) is 5.82 Å². The fraction of sp³-hybridized carbons (Fsp3) is 0.333. The lowest BCUT2D eigenvalue weighted by molar-refractivity contribution is 1.01. The first-order valence-electron chi connectivity index (χ1n) is 6.22. The van der Waals surface area contributed by atoms with Crippen molar-refractivity contribution in [3.8, 4) is 11.3 Å². The highest BCUT2D eigenvalue weighted by Gasteiger charge is 2.10. The van der Waals surface area contributed by atoms with Gasteiger partial charge in [0, 0.05) is 31.5 Å². The van der Waals surface area contributed by atoms with E-state index in [0.717, 1.165) is 29.2 Å². The van der Waals surface area contributed by atoms with E-state index in [2.05, 4.69) is 37.0 Å². The van der Waals surface area contributed by atoms with Gasteiger partial charge in [-0.05, 0) is 37.1 Å². The maximum atomic E-state index is 4.74. The highest BCUT2D eigenvalue weighted by molar-refractivity contribution is 5.73. The molecule has 0 bridgehead atoms. The Bertz CT molecular complexity index is 547. The summed E-state index contributed by atoms with van der Waals surface area (Å²) in [5, 5.41) is 0. The molecule has 3 heteroatoms. The zero-order chi connectivity index (χ0) is 13.1. The molecule has 2 aromatic rings. The first-order chi connectivity index (χ1) is 8.63. The summed E-state index contributed by atoms with van der Waals surface area (Å²) in [6.07, 6.45) is 2.77. The molecule has 0 aliphatic heterocycles. The molecule has 0 atom stereocenters. The first-order valence-corrected chi connectivity index (χ1v) is 6.22. The lowest BCUT2D eigenvalue weighted by atomic mass is 10.1. The molecule has 0 fully saturated rings. The quantitative estimate of drug-likeness (QED) is 0.827. The smallest absolute Gasteiger partial charge is 0.137 e. The molecule has 2 aromatic heterocycles. The van der Waals surface area contributed by atoms with Crippen LogP contribution < -0.4 is 4.90 Å². The summed E-state index contributed by atoms with van der Waals surface area (Å²) in [4.78, 5) is 11.2. The summed E-state index contributed by atoms with van der Waals surface area (Å²) in [6, 6.07) is 8.22. The first kappa shape index (κ1) is 12.6. The molecule has 0 saturated heterocycles. The Labute approximate surface area is 109 Å². The molecule has 0 radical (unpaired) electrons. The highest BCUT2D eigenvalue weighted by Crippen LogP contribution is 2.26. The number of pyridine rings is 2. The van der Waals surface area contributed by atoms with E-state index in [0.29, 0.717) is 0 Å². The molecule has 18 heavy (non-hydrogen) atoms. The van der Waals surface area contributed by atoms with Gasteiger partial charge in [-0.25, -0.2) is 4.98 Å². The molecule has 0 spiro atoms. The second-order valence-corrected chi connectivity index (χ2v) is 4.58. The predicted octanol–water partition coefficient (Wildman–Crippen LogP) is 3.08. The van der Waals surface area contributed by atoms with Crippen LogP contribution in [0.2, 0.25) is 0 Å². The maximum absolute atomic E-state index is 4.74. The van der Waals surface area contributed by atoms with E-state index < -0.39 is 0 Å². The Morgan fingerprint density at radius 3 is 2.61 bits per heavy atom. The summed E-state index contributed by atoms with van der Waals surface area (Å²) < 4.78 is 0. The number of anilines is 1. The number of hydrogen-bond acceptors (Lipinski definition) is 3. The summed E-state index contributed by atoms with van der Waals surface area (Å²) >= 11 is 0. The highest BCUT2D eigenvalue weighted by atomic mass is 15.1. The van der Waals surface area contributed by atoms with Gasteiger partial charge in [-0.2, -0.15) is 0 Å². The van der Waals surface area contributed by atoms with Crippen LogP contribution in [0.4, 0.5) is 5.82 Å². The number of aryl methyl sites for hydroxylation is 2. The Kier molecular flexibility index (Phi) is 3.60. The molecule has 0 aliphatic carbocycles. The van der Waals surface area contributed by atoms with Crippen LogP contribution in [0.5, 0.6) is 0 Å². The summed E-state index contributed by atoms with van der Waals surface area (Å²) in [5.74, 6) is 0.955. The van der Waals surface area contributed by atoms with Crippen LogP contribution in [-0.4, -0.2) is 24.1 Å². The lowest BCUT2D eigenvalue weighted by Crippen LogP contribution is -2.12. The van der Waals surface area contributed by atoms with Gasteiger partial charge in [-0.3, -0.25) is 4.98 Å². The van der Waals surface area contributed by atoms with Gasteiger partial charge in [-0.15, -0.1) is 0 Å². The van der Waals surface area contributed by atoms with Crippen LogP contribution in [0.25, 0.3) is 11.3 Å². The maximum Gasteiger partial charge on any atom is 0.137 e. The second-order valence-electron chi connectivity index (χ2n) is 4.58. The van der Waals surface area contributed by atoms with E-state index in [9.17, 15) is 0 Å². The average molecular weight is 241 g/mol. The molecular weight excluding hydrogens is 222 g/mol. The second kappa shape index (κ2) is 5.17. The van der Waals surface area contributed by atoms with Crippen molar-refractivity contribution in [2.45, 2.75) is 20.3 Å². The third kappa shape index (κ3) is 2.35. The van der Waals surface area contributed by atoms with Crippen LogP contribution in [0.15, 0.2) is 30.5 Å². The predicted molar refractivity (Wildman–Crippen MR) is 75.9 cm³/mol. The van der Waals surface area contributed by atoms with Crippen molar-refractivity contribution in [2.24, 2.45) is 0 Å². The van der Waals surface area contributed by atoms with Crippen LogP contribution in [0.1, 0.15) is 18.2 Å². The van der Waals surface area contributed by atoms with Crippen LogP contribution in [0, 0.1) is 6.92 Å². The molecule has 0 aliphatic rings. The molecule has 2 rings (SSSR count). The minimum absolute atomic E-state index is 0.955. The minimum atomic E-state index is 0.955. The van der Waals surface area contributed by atoms with Gasteiger partial charge in [0.25, 0.3) is 0 Å². The third-order valence-corrected chi connectivity index (χ3v) is 3.02. The third-order valence-electron chi connectivity index (χ3n) is 3.02. The van der Waals surface area contributed by atoms with E-state index in [-0.39, 0.29) is 0 Å². The summed E-state index contributed by atoms with van der Waals surface area (Å²) in [7, 11) is 4.00. The molecule has 0 N–H and O–H groups in total. The number of aromatic nitrogens is 2. The van der Waals surface area contributed by atoms with Crippen molar-refractivity contribution in [3.63, 3.8) is 0 Å². The standard InChI is InChI=1S/C15H19N3/c1-5-13-11(2)8-9-14(17-13)12-7-6-10-16-15(12)18(3)4/h6-10H,5H2,1-4H3. The van der Waals surface area contributed by atoms with Crippen molar-refractivity contribution in [3.05, 3.63) is 41.7 Å². The van der Waals surface area contributed by atoms with Gasteiger partial charge in [0.2, 0.25) is 0 Å². The Balaban J connectivity index is 2.55. The molecule has 0 unspecified atom stereocenters. The molecule has 3 nitrogen and oxygen atoms in total. The van der Waals surface area contributed by atoms with Gasteiger partial charge < -0.3 is 4.90 Å². The molecule has 94 valence electrons. The fourth-order valence-corrected chi connectivity index (χ4v) is 2.03. The van der Waals surface area contributed by atoms with Gasteiger partial charge >= 0.3 is 0 Å². The molecule has 2 heterocycles. The largest absolute Gasteiger partial charge is 0.362 e. The zero-order valence-corrected chi connectivity index (χ0v) is 11.4. The van der Waals surface area contributed by atoms with Crippen molar-refractivity contribution in [2.75, 3.05) is 19.0 Å². The van der Waals surface area contributed by atoms with Gasteiger partial charge in [0.15, 0.2) is 0 Å². The summed E-state index contributed by atoms with van der Waals surface area (Å²) in [5.41, 5.74) is 4.48. The Hall–Kier alpha value is -1.90. The van der Waals surface area contributed by atoms with E-state index >= 15 is 0 Å². The normalized spacial score (nSPS) is 10.4. The molecule has 0 aromatic carbocycles. The SMILES string of the molecule is CCc1nc(-c2cccnc2N(C)C)ccc1C. The van der Waals surface area contributed by atoms with E-state index in [1.807, 2.05) is 31.3 Å². The Morgan fingerprint density at radius 2 is 1.94 bits per heavy atom. The molecular formula is C15H19N3. The lowest BCUT2D eigenvalue weighted by Gasteiger charge is -2.16. The van der Waals surface area contributed by atoms with E-state index in [4.69, 9.17) is 4.98 Å². The zero-order valence-electron chi connectivity index (χ0n) is 11.4. The monoisotopic (exact) mass is 241 g/mol. The minimum Gasteiger partial charge on any atom is -0.362 e. The fourth-order valence-electron chi connectivity index (χ4n) is 2.03. The van der Waals surface area contributed by atoms with E-state index in [1.165, 1.54) is 5.56 Å². The van der Waals surface area contributed by atoms with Crippen molar-refractivity contribution in [1.82, 2.24) is 9.97 Å². The topological polar surface area (TPSA) is 29.0 Å². The van der Waals surface area contributed by atoms with Crippen molar-refractivity contribution < 1.29 is 0 Å². The molecule has 0 amide bonds. The van der Waals surface area contributed by atoms with Crippen LogP contribution >= 0.6 is 0 Å².